The monoisotopic (exact) mass is 401 g/mol. The van der Waals surface area contributed by atoms with Crippen LogP contribution in [0.4, 0.5) is 0 Å². The van der Waals surface area contributed by atoms with E-state index >= 15 is 0 Å². The van der Waals surface area contributed by atoms with E-state index in [1.165, 1.54) is 4.31 Å². The van der Waals surface area contributed by atoms with E-state index < -0.39 is 10.0 Å². The normalized spacial score (nSPS) is 24.3. The average Bonchev–Trinajstić information content (AvgIpc) is 3.02. The zero-order chi connectivity index (χ0) is 18.0. The smallest absolute Gasteiger partial charge is 0.255 e. The van der Waals surface area contributed by atoms with Crippen LogP contribution in [0.3, 0.4) is 0 Å². The lowest BCUT2D eigenvalue weighted by molar-refractivity contribution is 0.0739. The van der Waals surface area contributed by atoms with Crippen molar-refractivity contribution >= 4 is 28.3 Å². The number of carbonyl (C=O) groups is 1. The third-order valence-corrected chi connectivity index (χ3v) is 7.26. The summed E-state index contributed by atoms with van der Waals surface area (Å²) in [7, 11) is -3.64. The molecule has 2 heterocycles. The summed E-state index contributed by atoms with van der Waals surface area (Å²) >= 11 is 0. The molecular formula is C18H28ClN3O3S. The molecule has 8 heteroatoms. The summed E-state index contributed by atoms with van der Waals surface area (Å²) in [6, 6.07) is 6.67. The largest absolute Gasteiger partial charge is 0.336 e. The van der Waals surface area contributed by atoms with E-state index in [0.717, 1.165) is 25.7 Å². The van der Waals surface area contributed by atoms with E-state index in [1.54, 1.807) is 29.2 Å². The number of amides is 1. The van der Waals surface area contributed by atoms with E-state index in [1.807, 2.05) is 6.92 Å². The zero-order valence-corrected chi connectivity index (χ0v) is 16.8. The molecule has 2 N–H and O–H groups in total. The minimum absolute atomic E-state index is 0. The molecule has 2 fully saturated rings. The molecule has 6 nitrogen and oxygen atoms in total. The van der Waals surface area contributed by atoms with E-state index in [0.29, 0.717) is 26.2 Å². The van der Waals surface area contributed by atoms with Crippen molar-refractivity contribution in [1.82, 2.24) is 9.21 Å². The number of halogens is 1. The van der Waals surface area contributed by atoms with Gasteiger partial charge in [0.2, 0.25) is 10.0 Å². The first-order valence-corrected chi connectivity index (χ1v) is 10.5. The summed E-state index contributed by atoms with van der Waals surface area (Å²) in [5.41, 5.74) is 6.03. The van der Waals surface area contributed by atoms with Crippen molar-refractivity contribution in [3.8, 4) is 0 Å². The van der Waals surface area contributed by atoms with Gasteiger partial charge in [-0.05, 0) is 50.8 Å². The summed E-state index contributed by atoms with van der Waals surface area (Å²) in [4.78, 5) is 15.0. The summed E-state index contributed by atoms with van der Waals surface area (Å²) in [6.45, 7) is 4.19. The van der Waals surface area contributed by atoms with Crippen LogP contribution in [0.15, 0.2) is 29.2 Å². The predicted octanol–water partition coefficient (Wildman–Crippen LogP) is 2.09. The van der Waals surface area contributed by atoms with Crippen molar-refractivity contribution in [2.75, 3.05) is 26.2 Å². The van der Waals surface area contributed by atoms with Gasteiger partial charge in [-0.15, -0.1) is 12.4 Å². The second kappa shape index (κ2) is 8.69. The van der Waals surface area contributed by atoms with Gasteiger partial charge in [0.1, 0.15) is 0 Å². The van der Waals surface area contributed by atoms with Crippen molar-refractivity contribution in [2.24, 2.45) is 11.7 Å². The standard InChI is InChI=1S/C18H27N3O3S.ClH/c1-14-11-15(12-19)13-21(14)18(22)16-7-3-4-8-17(16)25(23,24)20-9-5-2-6-10-20;/h3-4,7-8,14-15H,2,5-6,9-13,19H2,1H3;1H. The number of likely N-dealkylation sites (tertiary alicyclic amines) is 1. The highest BCUT2D eigenvalue weighted by molar-refractivity contribution is 7.89. The van der Waals surface area contributed by atoms with Gasteiger partial charge in [-0.1, -0.05) is 18.6 Å². The summed E-state index contributed by atoms with van der Waals surface area (Å²) in [6.07, 6.45) is 3.66. The van der Waals surface area contributed by atoms with Crippen molar-refractivity contribution < 1.29 is 13.2 Å². The fourth-order valence-electron chi connectivity index (χ4n) is 3.86. The van der Waals surface area contributed by atoms with Crippen LogP contribution in [0, 0.1) is 5.92 Å². The number of rotatable bonds is 4. The highest BCUT2D eigenvalue weighted by Crippen LogP contribution is 2.28. The Kier molecular flexibility index (Phi) is 7.07. The number of hydrogen-bond acceptors (Lipinski definition) is 4. The Morgan fingerprint density at radius 2 is 1.85 bits per heavy atom. The third-order valence-electron chi connectivity index (χ3n) is 5.31. The van der Waals surface area contributed by atoms with Crippen LogP contribution in [-0.2, 0) is 10.0 Å². The van der Waals surface area contributed by atoms with E-state index in [4.69, 9.17) is 5.73 Å². The van der Waals surface area contributed by atoms with Crippen molar-refractivity contribution in [3.05, 3.63) is 29.8 Å². The quantitative estimate of drug-likeness (QED) is 0.837. The molecule has 1 aromatic carbocycles. The molecule has 3 rings (SSSR count). The van der Waals surface area contributed by atoms with Crippen molar-refractivity contribution in [3.63, 3.8) is 0 Å². The van der Waals surface area contributed by atoms with E-state index in [-0.39, 0.29) is 40.7 Å². The first-order chi connectivity index (χ1) is 11.9. The highest BCUT2D eigenvalue weighted by Gasteiger charge is 2.36. The number of piperidine rings is 1. The van der Waals surface area contributed by atoms with Crippen molar-refractivity contribution in [1.29, 1.82) is 0 Å². The fraction of sp³-hybridized carbons (Fsp3) is 0.611. The first kappa shape index (κ1) is 21.2. The van der Waals surface area contributed by atoms with Crippen LogP contribution in [0.1, 0.15) is 43.0 Å². The van der Waals surface area contributed by atoms with Crippen LogP contribution in [-0.4, -0.2) is 55.8 Å². The SMILES string of the molecule is CC1CC(CN)CN1C(=O)c1ccccc1S(=O)(=O)N1CCCCC1.Cl. The molecule has 0 aromatic heterocycles. The lowest BCUT2D eigenvalue weighted by atomic mass is 10.1. The van der Waals surface area contributed by atoms with Crippen LogP contribution < -0.4 is 5.73 Å². The highest BCUT2D eigenvalue weighted by atomic mass is 35.5. The molecule has 2 saturated heterocycles. The van der Waals surface area contributed by atoms with Gasteiger partial charge in [0.15, 0.2) is 0 Å². The molecule has 2 unspecified atom stereocenters. The second-order valence-corrected chi connectivity index (χ2v) is 9.01. The summed E-state index contributed by atoms with van der Waals surface area (Å²) < 4.78 is 27.6. The Balaban J connectivity index is 0.00000243. The van der Waals surface area contributed by atoms with E-state index in [9.17, 15) is 13.2 Å². The molecular weight excluding hydrogens is 374 g/mol. The maximum atomic E-state index is 13.1. The summed E-state index contributed by atoms with van der Waals surface area (Å²) in [5, 5.41) is 0. The topological polar surface area (TPSA) is 83.7 Å². The van der Waals surface area contributed by atoms with Crippen LogP contribution in [0.25, 0.3) is 0 Å². The molecule has 146 valence electrons. The third kappa shape index (κ3) is 4.06. The van der Waals surface area contributed by atoms with Gasteiger partial charge in [-0.2, -0.15) is 4.31 Å². The molecule has 0 bridgehead atoms. The Labute approximate surface area is 162 Å². The van der Waals surface area contributed by atoms with Gasteiger partial charge >= 0.3 is 0 Å². The van der Waals surface area contributed by atoms with Crippen LogP contribution >= 0.6 is 12.4 Å². The Hall–Kier alpha value is -1.15. The molecule has 1 aromatic rings. The molecule has 2 aliphatic heterocycles. The van der Waals surface area contributed by atoms with Gasteiger partial charge in [-0.25, -0.2) is 8.42 Å². The molecule has 0 saturated carbocycles. The van der Waals surface area contributed by atoms with Crippen molar-refractivity contribution in [2.45, 2.75) is 43.5 Å². The molecule has 1 amide bonds. The number of sulfonamides is 1. The summed E-state index contributed by atoms with van der Waals surface area (Å²) in [5.74, 6) is 0.0736. The number of carbonyl (C=O) groups excluding carboxylic acids is 1. The minimum atomic E-state index is -3.64. The lowest BCUT2D eigenvalue weighted by Crippen LogP contribution is -2.38. The molecule has 0 spiro atoms. The van der Waals surface area contributed by atoms with Gasteiger partial charge in [-0.3, -0.25) is 4.79 Å². The van der Waals surface area contributed by atoms with Gasteiger partial charge in [0.25, 0.3) is 5.91 Å². The minimum Gasteiger partial charge on any atom is -0.336 e. The van der Waals surface area contributed by atoms with Crippen LogP contribution in [0.2, 0.25) is 0 Å². The average molecular weight is 402 g/mol. The van der Waals surface area contributed by atoms with Gasteiger partial charge < -0.3 is 10.6 Å². The van der Waals surface area contributed by atoms with Crippen LogP contribution in [0.5, 0.6) is 0 Å². The Morgan fingerprint density at radius 1 is 1.19 bits per heavy atom. The number of benzene rings is 1. The molecule has 2 atom stereocenters. The molecule has 26 heavy (non-hydrogen) atoms. The zero-order valence-electron chi connectivity index (χ0n) is 15.1. The molecule has 0 aliphatic carbocycles. The van der Waals surface area contributed by atoms with Gasteiger partial charge in [0.05, 0.1) is 10.5 Å². The molecule has 2 aliphatic rings. The second-order valence-electron chi connectivity index (χ2n) is 7.10. The molecule has 0 radical (unpaired) electrons. The Bertz CT molecular complexity index is 735. The Morgan fingerprint density at radius 3 is 2.46 bits per heavy atom. The lowest BCUT2D eigenvalue weighted by Gasteiger charge is -2.28. The fourth-order valence-corrected chi connectivity index (χ4v) is 5.56. The first-order valence-electron chi connectivity index (χ1n) is 9.05. The van der Waals surface area contributed by atoms with E-state index in [2.05, 4.69) is 0 Å². The number of nitrogens with zero attached hydrogens (tertiary/aromatic N) is 2. The number of nitrogens with two attached hydrogens (primary N) is 1. The predicted molar refractivity (Wildman–Crippen MR) is 104 cm³/mol. The maximum Gasteiger partial charge on any atom is 0.255 e. The number of hydrogen-bond donors (Lipinski definition) is 1. The maximum absolute atomic E-state index is 13.1. The van der Waals surface area contributed by atoms with Gasteiger partial charge in [0, 0.05) is 25.7 Å².